The summed E-state index contributed by atoms with van der Waals surface area (Å²) in [6.45, 7) is 9.37. The molecule has 149 heavy (non-hydrogen) atoms. The van der Waals surface area contributed by atoms with Crippen molar-refractivity contribution in [1.82, 2.24) is 109 Å². The van der Waals surface area contributed by atoms with E-state index in [2.05, 4.69) is 139 Å². The molecule has 50 nitrogen and oxygen atoms in total. The van der Waals surface area contributed by atoms with Crippen LogP contribution in [-0.2, 0) is 128 Å². The van der Waals surface area contributed by atoms with Gasteiger partial charge in [0, 0.05) is 107 Å². The van der Waals surface area contributed by atoms with Crippen LogP contribution in [0.2, 0.25) is 25.1 Å². The lowest BCUT2D eigenvalue weighted by atomic mass is 9.95. The van der Waals surface area contributed by atoms with Gasteiger partial charge >= 0.3 is 0 Å². The van der Waals surface area contributed by atoms with E-state index in [-0.39, 0.29) is 166 Å². The van der Waals surface area contributed by atoms with E-state index < -0.39 is 39.3 Å². The smallest absolute Gasteiger partial charge is 0.229 e. The molecule has 11 aromatic heterocycles. The minimum atomic E-state index is -3.10. The lowest BCUT2D eigenvalue weighted by molar-refractivity contribution is 0.0631. The standard InChI is InChI=1S/C20H23ClN8O2.2C18H23ClN6O4S.2C17H23ClN6O4S/c1-11-3-4-13(28-27-11)5-12-9-30-18-16(10-31-17(12)18)25-19-15(21)7-22-20(26-19)24-14-6-23-29(2)8-14;2*1-25-6-11(4-21-25)22-18-20-5-13(19)17(24-18)23-14-8-29-15-10(7-28-16(14)15)9-30(26,27)12-2-3-12;2*1-3-29(25,26)9-10-7-27-15-13(8-28-14(10)15)22-16-12(18)5-19-17(23-16)21-11-4-20-24(2)6-11/h3-4,6-8,12,16-18H,5,9-10H2,1-2H3,(H2,22,24,25,26);2*4-6,10,12,14-16H,2-3,7-9H2,1H3,(H2,20,22,23,24);2*4-6,10,13-15H,3,7-9H2,1-2H3,(H2,19,21,22,23)/t12-,16+,17?,18?;10-,14-,15?,16?;;10-,13-,14?,15?;/m01.0./s1. The van der Waals surface area contributed by atoms with Crippen molar-refractivity contribution in [2.75, 3.05) is 154 Å². The third-order valence-electron chi connectivity index (χ3n) is 27.0. The molecule has 21 heterocycles. The van der Waals surface area contributed by atoms with Crippen LogP contribution in [0.15, 0.2) is 105 Å². The Balaban J connectivity index is 0.000000117. The Morgan fingerprint density at radius 3 is 0.765 bits per heavy atom. The molecule has 0 amide bonds. The molecule has 20 atom stereocenters. The highest BCUT2D eigenvalue weighted by Gasteiger charge is 2.55. The minimum absolute atomic E-state index is 0.00537. The summed E-state index contributed by atoms with van der Waals surface area (Å²) in [5, 5.41) is 62.4. The van der Waals surface area contributed by atoms with Crippen molar-refractivity contribution in [3.63, 3.8) is 0 Å². The van der Waals surface area contributed by atoms with Gasteiger partial charge in [0.25, 0.3) is 0 Å². The van der Waals surface area contributed by atoms with Gasteiger partial charge in [-0.3, -0.25) is 23.4 Å². The average molecular weight is 2240 g/mol. The maximum absolute atomic E-state index is 12.4. The zero-order chi connectivity index (χ0) is 104. The van der Waals surface area contributed by atoms with Crippen molar-refractivity contribution in [3.05, 3.63) is 142 Å². The topological polar surface area (TPSA) is 593 Å². The molecule has 0 aromatic carbocycles. The van der Waals surface area contributed by atoms with Crippen molar-refractivity contribution in [1.29, 1.82) is 0 Å². The number of rotatable bonds is 34. The first-order valence-corrected chi connectivity index (χ1v) is 57.5. The van der Waals surface area contributed by atoms with E-state index in [0.29, 0.717) is 150 Å². The summed E-state index contributed by atoms with van der Waals surface area (Å²) in [6, 6.07) is 3.20. The summed E-state index contributed by atoms with van der Waals surface area (Å²) in [5.74, 6) is 4.56. The molecule has 802 valence electrons. The summed E-state index contributed by atoms with van der Waals surface area (Å²) in [5.41, 5.74) is 5.67. The normalized spacial score (nSPS) is 26.9. The van der Waals surface area contributed by atoms with Gasteiger partial charge in [0.15, 0.2) is 68.4 Å². The van der Waals surface area contributed by atoms with E-state index >= 15 is 0 Å². The molecule has 0 radical (unpaired) electrons. The number of nitrogens with one attached hydrogen (secondary N) is 10. The van der Waals surface area contributed by atoms with E-state index in [1.807, 2.05) is 72.9 Å². The van der Waals surface area contributed by atoms with Gasteiger partial charge in [-0.25, -0.2) is 58.6 Å². The molecule has 12 aliphatic rings. The molecule has 0 bridgehead atoms. The third-order valence-corrected chi connectivity index (χ3v) is 36.8. The molecule has 12 fully saturated rings. The molecule has 23 rings (SSSR count). The number of ether oxygens (including phenoxy) is 10. The van der Waals surface area contributed by atoms with Gasteiger partial charge in [-0.2, -0.15) is 60.6 Å². The minimum Gasteiger partial charge on any atom is -0.373 e. The molecule has 2 aliphatic carbocycles. The molecule has 10 aliphatic heterocycles. The second-order valence-corrected chi connectivity index (χ2v) is 49.9. The monoisotopic (exact) mass is 2230 g/mol. The Bertz CT molecular complexity index is 6690. The predicted octanol–water partition coefficient (Wildman–Crippen LogP) is 7.37. The Hall–Kier alpha value is -10.6. The van der Waals surface area contributed by atoms with Crippen molar-refractivity contribution < 1.29 is 81.0 Å². The number of nitrogens with zero attached hydrogens (tertiary/aromatic N) is 22. The van der Waals surface area contributed by atoms with Crippen LogP contribution in [-0.4, -0.2) is 345 Å². The second kappa shape index (κ2) is 46.1. The van der Waals surface area contributed by atoms with Crippen molar-refractivity contribution in [2.45, 2.75) is 155 Å². The fraction of sp³-hybridized carbons (Fsp3) is 0.567. The quantitative estimate of drug-likeness (QED) is 0.0188. The van der Waals surface area contributed by atoms with Crippen LogP contribution >= 0.6 is 58.0 Å². The molecule has 10 N–H and O–H groups in total. The van der Waals surface area contributed by atoms with Crippen LogP contribution in [0.5, 0.6) is 0 Å². The van der Waals surface area contributed by atoms with Gasteiger partial charge in [0.1, 0.15) is 55.6 Å². The molecule has 14 unspecified atom stereocenters. The van der Waals surface area contributed by atoms with Crippen molar-refractivity contribution in [3.8, 4) is 0 Å². The number of halogens is 5. The van der Waals surface area contributed by atoms with Crippen molar-refractivity contribution >= 4 is 185 Å². The van der Waals surface area contributed by atoms with Crippen LogP contribution in [0.1, 0.15) is 50.9 Å². The van der Waals surface area contributed by atoms with Crippen LogP contribution in [0.3, 0.4) is 0 Å². The Kier molecular flexibility index (Phi) is 33.1. The Morgan fingerprint density at radius 1 is 0.309 bits per heavy atom. The summed E-state index contributed by atoms with van der Waals surface area (Å²) in [7, 11) is -3.19. The largest absolute Gasteiger partial charge is 0.373 e. The lowest BCUT2D eigenvalue weighted by Gasteiger charge is -2.19. The number of hydrogen-bond donors (Lipinski definition) is 10. The zero-order valence-electron chi connectivity index (χ0n) is 82.1. The zero-order valence-corrected chi connectivity index (χ0v) is 89.1. The molecular weight excluding hydrogens is 2120 g/mol. The maximum Gasteiger partial charge on any atom is 0.229 e. The molecule has 59 heteroatoms. The third kappa shape index (κ3) is 26.6. The Morgan fingerprint density at radius 2 is 0.544 bits per heavy atom. The van der Waals surface area contributed by atoms with E-state index in [0.717, 1.165) is 71.9 Å². The van der Waals surface area contributed by atoms with Gasteiger partial charge in [-0.05, 0) is 51.2 Å². The maximum atomic E-state index is 12.4. The summed E-state index contributed by atoms with van der Waals surface area (Å²) in [6.07, 6.45) is 26.8. The van der Waals surface area contributed by atoms with Crippen molar-refractivity contribution in [2.24, 2.45) is 64.8 Å². The van der Waals surface area contributed by atoms with Gasteiger partial charge in [0.2, 0.25) is 29.7 Å². The van der Waals surface area contributed by atoms with E-state index in [1.165, 1.54) is 24.8 Å². The molecule has 0 spiro atoms. The number of aromatic nitrogens is 22. The second-order valence-electron chi connectivity index (χ2n) is 38.4. The molecule has 10 saturated heterocycles. The van der Waals surface area contributed by atoms with E-state index in [1.54, 1.807) is 86.8 Å². The van der Waals surface area contributed by atoms with Crippen LogP contribution in [0.4, 0.5) is 87.3 Å². The number of anilines is 15. The highest BCUT2D eigenvalue weighted by Crippen LogP contribution is 2.44. The highest BCUT2D eigenvalue weighted by molar-refractivity contribution is 7.92. The Labute approximate surface area is 883 Å². The van der Waals surface area contributed by atoms with Crippen LogP contribution in [0, 0.1) is 36.5 Å². The van der Waals surface area contributed by atoms with Gasteiger partial charge in [-0.1, -0.05) is 71.9 Å². The summed E-state index contributed by atoms with van der Waals surface area (Å²) >= 11 is 31.5. The first-order chi connectivity index (χ1) is 71.5. The average Bonchev–Trinajstić information content (AvgIpc) is 1.64. The fourth-order valence-corrected chi connectivity index (χ4v) is 26.4. The molecule has 2 saturated carbocycles. The predicted molar refractivity (Wildman–Crippen MR) is 552 cm³/mol. The summed E-state index contributed by atoms with van der Waals surface area (Å²) < 4.78 is 165. The van der Waals surface area contributed by atoms with Gasteiger partial charge in [0.05, 0.1) is 262 Å². The molecular formula is C90H115Cl5N32O18S4. The van der Waals surface area contributed by atoms with E-state index in [4.69, 9.17) is 105 Å². The SMILES string of the molecule is CCS(=O)(=O)CC1COC2C(Nc3nc(Nc4cnn(C)c4)ncc3Cl)COC12.CCS(=O)(=O)C[C@@H]1COC2C1OC[C@@H]2Nc1nc(Nc2cnn(C)c2)ncc1Cl.Cc1ccc(C[C@H]2COC3C2OC[C@H]3Nc2nc(Nc3cnn(C)c3)ncc2Cl)nn1.Cn1cc(Nc2ncc(Cl)c(NC3COC4C(CS(=O)(=O)C5CC5)COC34)n2)cn1.Cn1cc(Nc2ncc(Cl)c(N[C@@H]3COC4C3OC[C@@H]4CS(=O)(=O)C3CC3)n2)cn1. The lowest BCUT2D eigenvalue weighted by Crippen LogP contribution is -2.36. The van der Waals surface area contributed by atoms with Crippen LogP contribution in [0.25, 0.3) is 0 Å². The van der Waals surface area contributed by atoms with Gasteiger partial charge < -0.3 is 101 Å². The van der Waals surface area contributed by atoms with Crippen LogP contribution < -0.4 is 53.2 Å². The number of hydrogen-bond acceptors (Lipinski definition) is 45. The fourth-order valence-electron chi connectivity index (χ4n) is 19.3. The summed E-state index contributed by atoms with van der Waals surface area (Å²) in [4.78, 5) is 43.3. The first kappa shape index (κ1) is 107. The number of aryl methyl sites for hydroxylation is 6. The van der Waals surface area contributed by atoms with E-state index in [9.17, 15) is 33.7 Å². The number of fused-ring (bicyclic) bond motifs is 5. The molecule has 11 aromatic rings. The first-order valence-electron chi connectivity index (χ1n) is 48.5. The van der Waals surface area contributed by atoms with Gasteiger partial charge in [-0.15, -0.1) is 0 Å². The highest BCUT2D eigenvalue weighted by atomic mass is 35.5. The number of sulfone groups is 4.